The fourth-order valence-electron chi connectivity index (χ4n) is 5.06. The van der Waals surface area contributed by atoms with E-state index in [2.05, 4.69) is 10.4 Å². The van der Waals surface area contributed by atoms with Gasteiger partial charge in [-0.3, -0.25) is 15.2 Å². The van der Waals surface area contributed by atoms with Gasteiger partial charge in [0.05, 0.1) is 18.0 Å². The highest BCUT2D eigenvalue weighted by molar-refractivity contribution is 5.82. The van der Waals surface area contributed by atoms with Crippen LogP contribution in [0, 0.1) is 25.5 Å². The lowest BCUT2D eigenvalue weighted by atomic mass is 10.0. The Morgan fingerprint density at radius 2 is 1.90 bits per heavy atom. The molecule has 1 N–H and O–H groups in total. The highest BCUT2D eigenvalue weighted by atomic mass is 19.2. The van der Waals surface area contributed by atoms with Crippen LogP contribution in [0.4, 0.5) is 14.6 Å². The lowest BCUT2D eigenvalue weighted by Gasteiger charge is -2.24. The van der Waals surface area contributed by atoms with Crippen LogP contribution in [0.1, 0.15) is 61.6 Å². The van der Waals surface area contributed by atoms with E-state index in [1.165, 1.54) is 6.07 Å². The average molecular weight is 425 g/mol. The van der Waals surface area contributed by atoms with Gasteiger partial charge in [-0.05, 0) is 63.8 Å². The maximum absolute atomic E-state index is 14.6. The van der Waals surface area contributed by atoms with Crippen LogP contribution < -0.4 is 10.4 Å². The molecular weight excluding hydrogens is 400 g/mol. The van der Waals surface area contributed by atoms with E-state index in [0.29, 0.717) is 17.8 Å². The summed E-state index contributed by atoms with van der Waals surface area (Å²) >= 11 is 0. The molecule has 0 spiro atoms. The van der Waals surface area contributed by atoms with Crippen molar-refractivity contribution in [1.29, 1.82) is 0 Å². The summed E-state index contributed by atoms with van der Waals surface area (Å²) < 4.78 is 30.3. The first-order chi connectivity index (χ1) is 14.8. The lowest BCUT2D eigenvalue weighted by Crippen LogP contribution is -2.38. The van der Waals surface area contributed by atoms with Crippen LogP contribution in [-0.4, -0.2) is 26.5 Å². The van der Waals surface area contributed by atoms with E-state index in [1.54, 1.807) is 0 Å². The van der Waals surface area contributed by atoms with Crippen LogP contribution in [-0.2, 0) is 4.79 Å². The molecule has 3 heterocycles. The fraction of sp³-hybridized carbons (Fsp3) is 0.435. The molecule has 2 fully saturated rings. The monoisotopic (exact) mass is 425 g/mol. The van der Waals surface area contributed by atoms with Gasteiger partial charge in [-0.1, -0.05) is 6.07 Å². The number of imidazole rings is 1. The van der Waals surface area contributed by atoms with Crippen molar-refractivity contribution in [2.45, 2.75) is 64.5 Å². The zero-order chi connectivity index (χ0) is 21.9. The molecule has 0 bridgehead atoms. The van der Waals surface area contributed by atoms with Crippen LogP contribution in [0.2, 0.25) is 0 Å². The zero-order valence-corrected chi connectivity index (χ0v) is 17.8. The Morgan fingerprint density at radius 3 is 2.65 bits per heavy atom. The molecule has 1 aliphatic carbocycles. The third-order valence-corrected chi connectivity index (χ3v) is 6.59. The Hall–Kier alpha value is -3.03. The number of nitrogens with zero attached hydrogens (tertiary/aromatic N) is 4. The zero-order valence-electron chi connectivity index (χ0n) is 17.8. The van der Waals surface area contributed by atoms with Gasteiger partial charge in [0.2, 0.25) is 5.91 Å². The smallest absolute Gasteiger partial charge is 0.240 e. The number of fused-ring (bicyclic) bond motifs is 1. The van der Waals surface area contributed by atoms with E-state index in [1.807, 2.05) is 42.5 Å². The van der Waals surface area contributed by atoms with E-state index in [0.717, 1.165) is 42.4 Å². The first-order valence-electron chi connectivity index (χ1n) is 10.7. The third-order valence-electron chi connectivity index (χ3n) is 6.59. The van der Waals surface area contributed by atoms with Crippen LogP contribution in [0.3, 0.4) is 0 Å². The maximum Gasteiger partial charge on any atom is 0.240 e. The summed E-state index contributed by atoms with van der Waals surface area (Å²) in [4.78, 5) is 21.2. The molecule has 3 unspecified atom stereocenters. The number of carbonyl (C=O) groups excluding carboxylic acids is 1. The lowest BCUT2D eigenvalue weighted by molar-refractivity contribution is -0.119. The average Bonchev–Trinajstić information content (AvgIpc) is 3.42. The number of amides is 1. The highest BCUT2D eigenvalue weighted by Gasteiger charge is 2.33. The van der Waals surface area contributed by atoms with E-state index >= 15 is 0 Å². The minimum absolute atomic E-state index is 0.00301. The molecule has 1 aliphatic heterocycles. The van der Waals surface area contributed by atoms with Crippen LogP contribution in [0.25, 0.3) is 11.0 Å². The number of nitrogens with one attached hydrogen (secondary N) is 1. The van der Waals surface area contributed by atoms with Gasteiger partial charge in [0, 0.05) is 17.7 Å². The summed E-state index contributed by atoms with van der Waals surface area (Å²) in [5.41, 5.74) is 5.58. The standard InChI is InChI=1S/C23H25F2N5O/c1-12-4-8-18(27-23(12)30-13(2)10-20(31)28-30)15-5-6-16(11-15)29-14(3)26-19-9-7-17(24)21(25)22(19)29/h4,7-9,13,15-16H,5-6,10-11H2,1-3H3,(H,28,31). The second-order valence-electron chi connectivity index (χ2n) is 8.76. The number of halogens is 2. The van der Waals surface area contributed by atoms with Gasteiger partial charge in [-0.25, -0.2) is 18.7 Å². The van der Waals surface area contributed by atoms with E-state index < -0.39 is 11.6 Å². The number of aromatic nitrogens is 3. The first-order valence-corrected chi connectivity index (χ1v) is 10.7. The quantitative estimate of drug-likeness (QED) is 0.673. The normalized spacial score (nSPS) is 23.7. The first kappa shape index (κ1) is 19.9. The van der Waals surface area contributed by atoms with Crippen molar-refractivity contribution in [3.8, 4) is 0 Å². The second-order valence-corrected chi connectivity index (χ2v) is 8.76. The van der Waals surface area contributed by atoms with Crippen molar-refractivity contribution < 1.29 is 13.6 Å². The van der Waals surface area contributed by atoms with Gasteiger partial charge >= 0.3 is 0 Å². The van der Waals surface area contributed by atoms with Crippen LogP contribution >= 0.6 is 0 Å². The van der Waals surface area contributed by atoms with E-state index in [9.17, 15) is 13.6 Å². The number of hydrogen-bond acceptors (Lipinski definition) is 4. The molecule has 1 aromatic carbocycles. The molecule has 1 saturated heterocycles. The molecule has 31 heavy (non-hydrogen) atoms. The van der Waals surface area contributed by atoms with Gasteiger partial charge in [0.1, 0.15) is 11.3 Å². The van der Waals surface area contributed by atoms with Crippen molar-refractivity contribution in [2.24, 2.45) is 0 Å². The Balaban J connectivity index is 1.45. The van der Waals surface area contributed by atoms with Crippen molar-refractivity contribution in [3.63, 3.8) is 0 Å². The maximum atomic E-state index is 14.6. The summed E-state index contributed by atoms with van der Waals surface area (Å²) in [5, 5.41) is 1.85. The molecule has 6 nitrogen and oxygen atoms in total. The number of aryl methyl sites for hydroxylation is 2. The third kappa shape index (κ3) is 3.25. The van der Waals surface area contributed by atoms with E-state index in [4.69, 9.17) is 4.98 Å². The van der Waals surface area contributed by atoms with Crippen molar-refractivity contribution in [3.05, 3.63) is 53.0 Å². The predicted molar refractivity (Wildman–Crippen MR) is 114 cm³/mol. The Labute approximate surface area is 179 Å². The topological polar surface area (TPSA) is 63.1 Å². The minimum atomic E-state index is -0.852. The molecule has 3 aromatic rings. The molecule has 3 atom stereocenters. The molecule has 5 rings (SSSR count). The molecule has 2 aliphatic rings. The number of pyridine rings is 1. The van der Waals surface area contributed by atoms with Gasteiger partial charge < -0.3 is 4.57 Å². The Kier molecular flexibility index (Phi) is 4.68. The van der Waals surface area contributed by atoms with Crippen molar-refractivity contribution in [1.82, 2.24) is 20.0 Å². The van der Waals surface area contributed by atoms with E-state index in [-0.39, 0.29) is 29.4 Å². The summed E-state index contributed by atoms with van der Waals surface area (Å²) in [6, 6.07) is 6.80. The number of hydrazine groups is 1. The number of benzene rings is 1. The summed E-state index contributed by atoms with van der Waals surface area (Å²) in [7, 11) is 0. The highest BCUT2D eigenvalue weighted by Crippen LogP contribution is 2.43. The number of carbonyl (C=O) groups is 1. The summed E-state index contributed by atoms with van der Waals surface area (Å²) in [6.45, 7) is 5.82. The number of hydrogen-bond donors (Lipinski definition) is 1. The molecule has 162 valence electrons. The molecular formula is C23H25F2N5O. The molecule has 0 radical (unpaired) electrons. The summed E-state index contributed by atoms with van der Waals surface area (Å²) in [5.74, 6) is -0.0259. The van der Waals surface area contributed by atoms with Crippen LogP contribution in [0.5, 0.6) is 0 Å². The van der Waals surface area contributed by atoms with Gasteiger partial charge in [-0.15, -0.1) is 0 Å². The van der Waals surface area contributed by atoms with Gasteiger partial charge in [0.15, 0.2) is 17.5 Å². The number of rotatable bonds is 3. The second kappa shape index (κ2) is 7.28. The van der Waals surface area contributed by atoms with Gasteiger partial charge in [-0.2, -0.15) is 0 Å². The van der Waals surface area contributed by atoms with Gasteiger partial charge in [0.25, 0.3) is 0 Å². The minimum Gasteiger partial charge on any atom is -0.323 e. The molecule has 2 aromatic heterocycles. The Morgan fingerprint density at radius 1 is 1.10 bits per heavy atom. The predicted octanol–water partition coefficient (Wildman–Crippen LogP) is 4.46. The SMILES string of the molecule is Cc1ccc(C2CCC(n3c(C)nc4ccc(F)c(F)c43)C2)nc1N1NC(=O)CC1C. The molecule has 8 heteroatoms. The largest absolute Gasteiger partial charge is 0.323 e. The Bertz CT molecular complexity index is 1190. The van der Waals surface area contributed by atoms with Crippen molar-refractivity contribution in [2.75, 3.05) is 5.01 Å². The summed E-state index contributed by atoms with van der Waals surface area (Å²) in [6.07, 6.45) is 2.97. The number of anilines is 1. The van der Waals surface area contributed by atoms with Crippen LogP contribution in [0.15, 0.2) is 24.3 Å². The molecule has 1 amide bonds. The molecule has 1 saturated carbocycles. The van der Waals surface area contributed by atoms with Crippen molar-refractivity contribution >= 4 is 22.8 Å². The fourth-order valence-corrected chi connectivity index (χ4v) is 5.06.